The fourth-order valence-corrected chi connectivity index (χ4v) is 1.37. The molecule has 3 N–H and O–H groups in total. The highest BCUT2D eigenvalue weighted by Crippen LogP contribution is 2.11. The minimum atomic E-state index is -0.952. The monoisotopic (exact) mass is 238 g/mol. The molecule has 0 bridgehead atoms. The largest absolute Gasteiger partial charge is 0.368 e. The second-order valence-corrected chi connectivity index (χ2v) is 3.38. The molecule has 5 nitrogen and oxygen atoms in total. The predicted octanol–water partition coefficient (Wildman–Crippen LogP) is 0.616. The van der Waals surface area contributed by atoms with Crippen molar-refractivity contribution in [2.24, 2.45) is 0 Å². The van der Waals surface area contributed by atoms with Crippen molar-refractivity contribution in [2.75, 3.05) is 5.73 Å². The van der Waals surface area contributed by atoms with E-state index in [1.54, 1.807) is 0 Å². The molecular weight excluding hydrogens is 230 g/mol. The number of hydrogen-bond donors (Lipinski definition) is 2. The van der Waals surface area contributed by atoms with Crippen molar-refractivity contribution < 1.29 is 8.78 Å². The Morgan fingerprint density at radius 1 is 1.24 bits per heavy atom. The molecule has 1 aromatic carbocycles. The van der Waals surface area contributed by atoms with E-state index in [0.29, 0.717) is 5.56 Å². The molecule has 0 radical (unpaired) electrons. The summed E-state index contributed by atoms with van der Waals surface area (Å²) in [7, 11) is 0. The van der Waals surface area contributed by atoms with Crippen molar-refractivity contribution in [1.82, 2.24) is 15.0 Å². The fraction of sp³-hybridized carbons (Fsp3) is 0.100. The summed E-state index contributed by atoms with van der Waals surface area (Å²) in [6.07, 6.45) is 0.138. The van der Waals surface area contributed by atoms with Gasteiger partial charge in [-0.05, 0) is 17.7 Å². The van der Waals surface area contributed by atoms with E-state index in [9.17, 15) is 13.6 Å². The van der Waals surface area contributed by atoms with Crippen LogP contribution in [0.15, 0.2) is 23.0 Å². The average molecular weight is 238 g/mol. The van der Waals surface area contributed by atoms with E-state index in [0.717, 1.165) is 12.1 Å². The molecule has 0 unspecified atom stereocenters. The average Bonchev–Trinajstić information content (AvgIpc) is 2.22. The van der Waals surface area contributed by atoms with Gasteiger partial charge < -0.3 is 5.73 Å². The van der Waals surface area contributed by atoms with Gasteiger partial charge in [0.25, 0.3) is 0 Å². The first kappa shape index (κ1) is 11.2. The van der Waals surface area contributed by atoms with Gasteiger partial charge in [-0.1, -0.05) is 6.07 Å². The molecule has 1 aromatic heterocycles. The maximum Gasteiger partial charge on any atom is 0.349 e. The molecule has 0 spiro atoms. The zero-order valence-electron chi connectivity index (χ0n) is 8.58. The minimum absolute atomic E-state index is 0.138. The Bertz CT molecular complexity index is 611. The molecule has 0 aliphatic carbocycles. The second-order valence-electron chi connectivity index (χ2n) is 3.38. The number of benzene rings is 1. The standard InChI is InChI=1S/C10H8F2N4O/c11-6-2-1-5(3-7(6)12)4-8-14-9(13)16-10(17)15-8/h1-3H,4H2,(H3,13,14,15,16,17). The molecule has 0 atom stereocenters. The topological polar surface area (TPSA) is 84.7 Å². The molecule has 17 heavy (non-hydrogen) atoms. The third-order valence-corrected chi connectivity index (χ3v) is 2.07. The summed E-state index contributed by atoms with van der Waals surface area (Å²) in [5, 5.41) is 0. The molecule has 2 aromatic rings. The molecule has 0 saturated carbocycles. The van der Waals surface area contributed by atoms with Gasteiger partial charge in [-0.3, -0.25) is 4.98 Å². The molecular formula is C10H8F2N4O. The van der Waals surface area contributed by atoms with Crippen LogP contribution in [0, 0.1) is 11.6 Å². The number of nitrogens with one attached hydrogen (secondary N) is 1. The number of aromatic amines is 1. The van der Waals surface area contributed by atoms with Crippen LogP contribution in [-0.2, 0) is 6.42 Å². The Morgan fingerprint density at radius 3 is 2.65 bits per heavy atom. The second kappa shape index (κ2) is 4.28. The van der Waals surface area contributed by atoms with Crippen LogP contribution in [-0.4, -0.2) is 15.0 Å². The predicted molar refractivity (Wildman–Crippen MR) is 56.2 cm³/mol. The van der Waals surface area contributed by atoms with Crippen molar-refractivity contribution in [2.45, 2.75) is 6.42 Å². The fourth-order valence-electron chi connectivity index (χ4n) is 1.37. The molecule has 7 heteroatoms. The number of anilines is 1. The van der Waals surface area contributed by atoms with Crippen molar-refractivity contribution in [1.29, 1.82) is 0 Å². The maximum absolute atomic E-state index is 12.9. The van der Waals surface area contributed by atoms with Crippen molar-refractivity contribution in [3.05, 3.63) is 51.7 Å². The molecule has 0 aliphatic rings. The number of nitrogen functional groups attached to an aromatic ring is 1. The number of H-pyrrole nitrogens is 1. The first-order valence-electron chi connectivity index (χ1n) is 4.71. The normalized spacial score (nSPS) is 10.5. The van der Waals surface area contributed by atoms with Gasteiger partial charge >= 0.3 is 5.69 Å². The lowest BCUT2D eigenvalue weighted by atomic mass is 10.1. The van der Waals surface area contributed by atoms with Gasteiger partial charge in [0, 0.05) is 6.42 Å². The van der Waals surface area contributed by atoms with Gasteiger partial charge in [-0.25, -0.2) is 13.6 Å². The number of aromatic nitrogens is 3. The van der Waals surface area contributed by atoms with E-state index in [2.05, 4.69) is 15.0 Å². The van der Waals surface area contributed by atoms with Crippen LogP contribution in [0.3, 0.4) is 0 Å². The lowest BCUT2D eigenvalue weighted by Crippen LogP contribution is -2.17. The van der Waals surface area contributed by atoms with Gasteiger partial charge in [-0.15, -0.1) is 0 Å². The van der Waals surface area contributed by atoms with Crippen LogP contribution in [0.1, 0.15) is 11.4 Å². The van der Waals surface area contributed by atoms with E-state index in [4.69, 9.17) is 5.73 Å². The van der Waals surface area contributed by atoms with Gasteiger partial charge in [0.05, 0.1) is 0 Å². The third-order valence-electron chi connectivity index (χ3n) is 2.07. The van der Waals surface area contributed by atoms with Crippen LogP contribution < -0.4 is 11.4 Å². The van der Waals surface area contributed by atoms with E-state index in [1.807, 2.05) is 0 Å². The summed E-state index contributed by atoms with van der Waals surface area (Å²) in [6.45, 7) is 0. The van der Waals surface area contributed by atoms with E-state index >= 15 is 0 Å². The summed E-state index contributed by atoms with van der Waals surface area (Å²) in [4.78, 5) is 20.5. The number of nitrogens with two attached hydrogens (primary N) is 1. The Hall–Kier alpha value is -2.31. The zero-order chi connectivity index (χ0) is 12.4. The van der Waals surface area contributed by atoms with Crippen molar-refractivity contribution in [3.8, 4) is 0 Å². The molecule has 0 saturated heterocycles. The first-order valence-corrected chi connectivity index (χ1v) is 4.71. The summed E-state index contributed by atoms with van der Waals surface area (Å²) in [6, 6.07) is 3.44. The van der Waals surface area contributed by atoms with Gasteiger partial charge in [0.15, 0.2) is 11.6 Å². The summed E-state index contributed by atoms with van der Waals surface area (Å²) in [5.41, 5.74) is 5.13. The van der Waals surface area contributed by atoms with E-state index in [1.165, 1.54) is 6.07 Å². The Morgan fingerprint density at radius 2 is 2.00 bits per heavy atom. The van der Waals surface area contributed by atoms with Crippen LogP contribution in [0.5, 0.6) is 0 Å². The highest BCUT2D eigenvalue weighted by atomic mass is 19.2. The summed E-state index contributed by atoms with van der Waals surface area (Å²) in [5.74, 6) is -1.80. The Labute approximate surface area is 94.3 Å². The smallest absolute Gasteiger partial charge is 0.349 e. The Balaban J connectivity index is 2.31. The molecule has 1 heterocycles. The lowest BCUT2D eigenvalue weighted by molar-refractivity contribution is 0.507. The third kappa shape index (κ3) is 2.63. The van der Waals surface area contributed by atoms with Crippen LogP contribution in [0.4, 0.5) is 14.7 Å². The number of hydrogen-bond acceptors (Lipinski definition) is 4. The molecule has 0 fully saturated rings. The van der Waals surface area contributed by atoms with E-state index < -0.39 is 17.3 Å². The lowest BCUT2D eigenvalue weighted by Gasteiger charge is -2.02. The van der Waals surface area contributed by atoms with Crippen LogP contribution >= 0.6 is 0 Å². The van der Waals surface area contributed by atoms with Gasteiger partial charge in [0.1, 0.15) is 5.82 Å². The van der Waals surface area contributed by atoms with Crippen molar-refractivity contribution in [3.63, 3.8) is 0 Å². The van der Waals surface area contributed by atoms with Crippen LogP contribution in [0.25, 0.3) is 0 Å². The summed E-state index contributed by atoms with van der Waals surface area (Å²) < 4.78 is 25.6. The van der Waals surface area contributed by atoms with E-state index in [-0.39, 0.29) is 18.2 Å². The molecule has 0 aliphatic heterocycles. The Kier molecular flexibility index (Phi) is 2.82. The summed E-state index contributed by atoms with van der Waals surface area (Å²) >= 11 is 0. The van der Waals surface area contributed by atoms with Crippen LogP contribution in [0.2, 0.25) is 0 Å². The molecule has 0 amide bonds. The highest BCUT2D eigenvalue weighted by Gasteiger charge is 2.05. The first-order chi connectivity index (χ1) is 8.04. The van der Waals surface area contributed by atoms with Gasteiger partial charge in [-0.2, -0.15) is 9.97 Å². The number of nitrogens with zero attached hydrogens (tertiary/aromatic N) is 2. The number of halogens is 2. The van der Waals surface area contributed by atoms with Gasteiger partial charge in [0.2, 0.25) is 5.95 Å². The maximum atomic E-state index is 12.9. The van der Waals surface area contributed by atoms with Crippen molar-refractivity contribution >= 4 is 5.95 Å². The number of rotatable bonds is 2. The minimum Gasteiger partial charge on any atom is -0.368 e. The highest BCUT2D eigenvalue weighted by molar-refractivity contribution is 5.22. The zero-order valence-corrected chi connectivity index (χ0v) is 8.58. The molecule has 88 valence electrons. The molecule has 2 rings (SSSR count). The quantitative estimate of drug-likeness (QED) is 0.803. The SMILES string of the molecule is Nc1nc(Cc2ccc(F)c(F)c2)[nH]c(=O)n1.